The molecule has 0 amide bonds. The average molecular weight is 326 g/mol. The molecule has 3 aromatic heterocycles. The van der Waals surface area contributed by atoms with Gasteiger partial charge in [0.25, 0.3) is 0 Å². The Kier molecular flexibility index (Phi) is 4.12. The highest BCUT2D eigenvalue weighted by Gasteiger charge is 2.23. The first kappa shape index (κ1) is 14.5. The van der Waals surface area contributed by atoms with Crippen LogP contribution in [0.15, 0.2) is 35.7 Å². The summed E-state index contributed by atoms with van der Waals surface area (Å²) in [4.78, 5) is 23.1. The highest BCUT2D eigenvalue weighted by atomic mass is 32.1. The van der Waals surface area contributed by atoms with Gasteiger partial charge in [-0.1, -0.05) is 0 Å². The van der Waals surface area contributed by atoms with Crippen LogP contribution in [0.25, 0.3) is 11.5 Å². The molecule has 7 heteroatoms. The van der Waals surface area contributed by atoms with Gasteiger partial charge in [0.2, 0.25) is 0 Å². The van der Waals surface area contributed by atoms with Crippen molar-refractivity contribution in [3.05, 3.63) is 47.1 Å². The summed E-state index contributed by atoms with van der Waals surface area (Å²) in [5.74, 6) is 1.41. The number of aromatic nitrogens is 5. The Labute approximate surface area is 138 Å². The summed E-state index contributed by atoms with van der Waals surface area (Å²) in [6.07, 6.45) is 9.39. The number of thiazole rings is 1. The minimum Gasteiger partial charge on any atom is -0.343 e. The quantitative estimate of drug-likeness (QED) is 0.779. The van der Waals surface area contributed by atoms with E-state index in [1.165, 1.54) is 12.1 Å². The third-order valence-electron chi connectivity index (χ3n) is 4.18. The van der Waals surface area contributed by atoms with E-state index in [2.05, 4.69) is 35.2 Å². The fourth-order valence-corrected chi connectivity index (χ4v) is 3.60. The first-order chi connectivity index (χ1) is 11.4. The van der Waals surface area contributed by atoms with E-state index in [1.54, 1.807) is 29.9 Å². The fraction of sp³-hybridized carbons (Fsp3) is 0.375. The molecule has 3 aromatic rings. The van der Waals surface area contributed by atoms with Crippen LogP contribution in [0.4, 0.5) is 0 Å². The Morgan fingerprint density at radius 3 is 2.91 bits per heavy atom. The Balaban J connectivity index is 1.34. The van der Waals surface area contributed by atoms with Crippen LogP contribution in [0.2, 0.25) is 0 Å². The zero-order valence-electron chi connectivity index (χ0n) is 12.7. The number of H-pyrrole nitrogens is 1. The number of aromatic amines is 1. The van der Waals surface area contributed by atoms with Crippen LogP contribution in [-0.4, -0.2) is 42.9 Å². The highest BCUT2D eigenvalue weighted by molar-refractivity contribution is 7.07. The smallest absolute Gasteiger partial charge is 0.157 e. The lowest BCUT2D eigenvalue weighted by molar-refractivity contribution is 0.313. The molecule has 0 radical (unpaired) electrons. The zero-order chi connectivity index (χ0) is 15.5. The van der Waals surface area contributed by atoms with Crippen molar-refractivity contribution in [2.24, 2.45) is 5.92 Å². The largest absolute Gasteiger partial charge is 0.343 e. The molecule has 1 aliphatic heterocycles. The van der Waals surface area contributed by atoms with Crippen LogP contribution >= 0.6 is 11.3 Å². The van der Waals surface area contributed by atoms with Gasteiger partial charge in [-0.05, 0) is 25.3 Å². The molecule has 1 fully saturated rings. The molecular weight excluding hydrogens is 308 g/mol. The summed E-state index contributed by atoms with van der Waals surface area (Å²) in [5, 5.41) is 2.13. The molecule has 1 aliphatic rings. The predicted molar refractivity (Wildman–Crippen MR) is 88.8 cm³/mol. The molecule has 0 bridgehead atoms. The highest BCUT2D eigenvalue weighted by Crippen LogP contribution is 2.22. The van der Waals surface area contributed by atoms with E-state index in [9.17, 15) is 0 Å². The lowest BCUT2D eigenvalue weighted by atomic mass is 10.0. The first-order valence-electron chi connectivity index (χ1n) is 7.77. The summed E-state index contributed by atoms with van der Waals surface area (Å²) < 4.78 is 0. The van der Waals surface area contributed by atoms with Gasteiger partial charge in [-0.2, -0.15) is 0 Å². The topological polar surface area (TPSA) is 70.6 Å². The molecule has 0 aliphatic carbocycles. The van der Waals surface area contributed by atoms with Gasteiger partial charge in [-0.3, -0.25) is 9.88 Å². The van der Waals surface area contributed by atoms with Gasteiger partial charge < -0.3 is 4.98 Å². The number of likely N-dealkylation sites (tertiary alicyclic amines) is 1. The van der Waals surface area contributed by atoms with Crippen LogP contribution < -0.4 is 0 Å². The maximum atomic E-state index is 4.55. The third kappa shape index (κ3) is 3.46. The summed E-state index contributed by atoms with van der Waals surface area (Å²) in [7, 11) is 0. The predicted octanol–water partition coefficient (Wildman–Crippen LogP) is 2.39. The number of hydrogen-bond acceptors (Lipinski definition) is 6. The van der Waals surface area contributed by atoms with Crippen molar-refractivity contribution in [3.63, 3.8) is 0 Å². The molecule has 4 rings (SSSR count). The monoisotopic (exact) mass is 326 g/mol. The van der Waals surface area contributed by atoms with Gasteiger partial charge in [-0.15, -0.1) is 11.3 Å². The zero-order valence-corrected chi connectivity index (χ0v) is 13.5. The van der Waals surface area contributed by atoms with Crippen molar-refractivity contribution in [1.82, 2.24) is 29.8 Å². The lowest BCUT2D eigenvalue weighted by Gasteiger charge is -2.14. The number of rotatable bonds is 5. The van der Waals surface area contributed by atoms with Crippen molar-refractivity contribution in [1.29, 1.82) is 0 Å². The molecule has 4 heterocycles. The normalized spacial score (nSPS) is 18.5. The van der Waals surface area contributed by atoms with E-state index in [1.807, 2.05) is 11.7 Å². The van der Waals surface area contributed by atoms with E-state index in [4.69, 9.17) is 0 Å². The van der Waals surface area contributed by atoms with Gasteiger partial charge in [0.1, 0.15) is 5.69 Å². The van der Waals surface area contributed by atoms with Gasteiger partial charge in [0.15, 0.2) is 5.82 Å². The van der Waals surface area contributed by atoms with E-state index >= 15 is 0 Å². The van der Waals surface area contributed by atoms with Crippen LogP contribution in [0.3, 0.4) is 0 Å². The second kappa shape index (κ2) is 6.55. The number of nitrogens with one attached hydrogen (secondary N) is 1. The van der Waals surface area contributed by atoms with Gasteiger partial charge in [0.05, 0.1) is 23.1 Å². The summed E-state index contributed by atoms with van der Waals surface area (Å²) >= 11 is 1.66. The Morgan fingerprint density at radius 1 is 1.17 bits per heavy atom. The number of hydrogen-bond donors (Lipinski definition) is 1. The maximum Gasteiger partial charge on any atom is 0.157 e. The fourth-order valence-electron chi connectivity index (χ4n) is 3.05. The Hall–Kier alpha value is -2.12. The number of imidazole rings is 1. The van der Waals surface area contributed by atoms with Crippen molar-refractivity contribution in [2.45, 2.75) is 19.4 Å². The number of nitrogens with zero attached hydrogens (tertiary/aromatic N) is 5. The molecule has 0 aromatic carbocycles. The molecule has 1 saturated heterocycles. The standard InChI is InChI=1S/C16H18N6S/c1-4-22(9-14-10-23-11-21-14)8-12(1)5-13-6-20-15(7-19-13)16-17-2-3-18-16/h2-3,6-7,10-12H,1,4-5,8-9H2,(H,17,18)/t12-/m1/s1. The van der Waals surface area contributed by atoms with Crippen molar-refractivity contribution < 1.29 is 0 Å². The van der Waals surface area contributed by atoms with Crippen LogP contribution in [0.5, 0.6) is 0 Å². The second-order valence-corrected chi connectivity index (χ2v) is 6.62. The lowest BCUT2D eigenvalue weighted by Crippen LogP contribution is -2.20. The van der Waals surface area contributed by atoms with Crippen molar-refractivity contribution in [2.75, 3.05) is 13.1 Å². The SMILES string of the molecule is c1c[nH]c(-c2cnc(C[C@H]3CCN(Cc4cscn4)C3)cn2)n1. The Morgan fingerprint density at radius 2 is 2.17 bits per heavy atom. The minimum absolute atomic E-state index is 0.650. The molecule has 1 atom stereocenters. The molecule has 1 N–H and O–H groups in total. The summed E-state index contributed by atoms with van der Waals surface area (Å²) in [6, 6.07) is 0. The molecule has 6 nitrogen and oxygen atoms in total. The molecular formula is C16H18N6S. The van der Waals surface area contributed by atoms with Crippen LogP contribution in [0.1, 0.15) is 17.8 Å². The van der Waals surface area contributed by atoms with Crippen molar-refractivity contribution >= 4 is 11.3 Å². The molecule has 0 spiro atoms. The molecule has 0 unspecified atom stereocenters. The summed E-state index contributed by atoms with van der Waals surface area (Å²) in [5.41, 5.74) is 4.92. The van der Waals surface area contributed by atoms with E-state index in [0.29, 0.717) is 5.92 Å². The molecule has 0 saturated carbocycles. The van der Waals surface area contributed by atoms with E-state index in [-0.39, 0.29) is 0 Å². The van der Waals surface area contributed by atoms with E-state index in [0.717, 1.165) is 43.3 Å². The maximum absolute atomic E-state index is 4.55. The minimum atomic E-state index is 0.650. The first-order valence-corrected chi connectivity index (χ1v) is 8.71. The third-order valence-corrected chi connectivity index (χ3v) is 4.82. The van der Waals surface area contributed by atoms with Crippen molar-refractivity contribution in [3.8, 4) is 11.5 Å². The molecule has 118 valence electrons. The van der Waals surface area contributed by atoms with E-state index < -0.39 is 0 Å². The molecule has 23 heavy (non-hydrogen) atoms. The average Bonchev–Trinajstić information content (AvgIpc) is 3.31. The van der Waals surface area contributed by atoms with Gasteiger partial charge >= 0.3 is 0 Å². The van der Waals surface area contributed by atoms with Crippen LogP contribution in [0, 0.1) is 5.92 Å². The second-order valence-electron chi connectivity index (χ2n) is 5.90. The Bertz CT molecular complexity index is 723. The van der Waals surface area contributed by atoms with Gasteiger partial charge in [0, 0.05) is 37.1 Å². The summed E-state index contributed by atoms with van der Waals surface area (Å²) in [6.45, 7) is 3.21. The van der Waals surface area contributed by atoms with Crippen LogP contribution in [-0.2, 0) is 13.0 Å². The van der Waals surface area contributed by atoms with Gasteiger partial charge in [-0.25, -0.2) is 15.0 Å².